The van der Waals surface area contributed by atoms with Gasteiger partial charge in [0.25, 0.3) is 0 Å². The maximum absolute atomic E-state index is 11.7. The molecule has 0 fully saturated rings. The molecule has 3 N–H and O–H groups in total. The third-order valence-corrected chi connectivity index (χ3v) is 8.72. The van der Waals surface area contributed by atoms with Crippen molar-refractivity contribution in [2.24, 2.45) is 11.7 Å². The summed E-state index contributed by atoms with van der Waals surface area (Å²) in [7, 11) is 1.99. The largest absolute Gasteiger partial charge is 0.446 e. The Bertz CT molecular complexity index is 727. The molecule has 0 saturated carbocycles. The van der Waals surface area contributed by atoms with E-state index >= 15 is 0 Å². The smallest absolute Gasteiger partial charge is 0.404 e. The van der Waals surface area contributed by atoms with E-state index in [4.69, 9.17) is 10.5 Å². The van der Waals surface area contributed by atoms with E-state index in [0.717, 1.165) is 38.6 Å². The van der Waals surface area contributed by atoms with Gasteiger partial charge in [0.05, 0.1) is 0 Å². The van der Waals surface area contributed by atoms with Crippen LogP contribution in [0.5, 0.6) is 0 Å². The van der Waals surface area contributed by atoms with Gasteiger partial charge in [-0.25, -0.2) is 4.79 Å². The molecule has 262 valence electrons. The number of hydrogen-bond donors (Lipinski definition) is 2. The van der Waals surface area contributed by atoms with Gasteiger partial charge in [-0.1, -0.05) is 146 Å². The minimum Gasteiger partial charge on any atom is -0.446 e. The fourth-order valence-electron chi connectivity index (χ4n) is 5.95. The minimum atomic E-state index is -0.627. The van der Waals surface area contributed by atoms with E-state index in [9.17, 15) is 4.79 Å². The highest BCUT2D eigenvalue weighted by molar-refractivity contribution is 5.64. The molecule has 0 aromatic rings. The number of ether oxygens (including phenoxy) is 1. The second kappa shape index (κ2) is 36.7. The molecule has 0 aliphatic carbocycles. The molecule has 0 aromatic carbocycles. The highest BCUT2D eigenvalue weighted by Gasteiger charge is 2.23. The molecule has 4 heteroatoms. The lowest BCUT2D eigenvalue weighted by atomic mass is 9.91. The molecule has 0 radical (unpaired) electrons. The van der Waals surface area contributed by atoms with Crippen LogP contribution in [0.2, 0.25) is 0 Å². The van der Waals surface area contributed by atoms with Crippen LogP contribution in [0.25, 0.3) is 0 Å². The molecule has 0 aliphatic heterocycles. The molecule has 0 heterocycles. The van der Waals surface area contributed by atoms with Gasteiger partial charge in [-0.3, -0.25) is 0 Å². The summed E-state index contributed by atoms with van der Waals surface area (Å²) in [6.07, 6.45) is 50.0. The van der Waals surface area contributed by atoms with Gasteiger partial charge in [-0.15, -0.1) is 0 Å². The van der Waals surface area contributed by atoms with Crippen molar-refractivity contribution in [2.75, 3.05) is 13.6 Å². The third-order valence-electron chi connectivity index (χ3n) is 8.72. The standard InChI is InChI=1S/C41H76N2O2/c1-4-6-8-10-12-14-16-18-20-22-24-26-28-30-32-34-36-39(38-43-3)40(45-41(42)44)37-35-33-31-29-27-25-23-21-19-17-15-13-11-9-7-5-2/h12-15,18-21,39-40,43H,4-11,16-17,22-38H2,1-3H3,(H2,42,44)/b14-12-,15-13-,20-18-,21-19-. The molecule has 0 saturated heterocycles. The first kappa shape index (κ1) is 43.2. The van der Waals surface area contributed by atoms with Crippen molar-refractivity contribution in [2.45, 2.75) is 187 Å². The van der Waals surface area contributed by atoms with Crippen molar-refractivity contribution in [3.05, 3.63) is 48.6 Å². The van der Waals surface area contributed by atoms with Gasteiger partial charge in [-0.2, -0.15) is 0 Å². The summed E-state index contributed by atoms with van der Waals surface area (Å²) in [5.74, 6) is 0.339. The number of hydrogen-bond acceptors (Lipinski definition) is 3. The number of carbonyl (C=O) groups is 1. The molecule has 1 amide bonds. The molecular weight excluding hydrogens is 552 g/mol. The van der Waals surface area contributed by atoms with Gasteiger partial charge >= 0.3 is 6.09 Å². The van der Waals surface area contributed by atoms with Crippen LogP contribution in [0.3, 0.4) is 0 Å². The third kappa shape index (κ3) is 33.4. The first-order valence-corrected chi connectivity index (χ1v) is 19.4. The Morgan fingerprint density at radius 1 is 0.556 bits per heavy atom. The zero-order chi connectivity index (χ0) is 32.9. The summed E-state index contributed by atoms with van der Waals surface area (Å²) >= 11 is 0. The van der Waals surface area contributed by atoms with E-state index in [2.05, 4.69) is 67.8 Å². The van der Waals surface area contributed by atoms with Crippen molar-refractivity contribution in [1.82, 2.24) is 5.32 Å². The van der Waals surface area contributed by atoms with E-state index < -0.39 is 6.09 Å². The monoisotopic (exact) mass is 629 g/mol. The summed E-state index contributed by atoms with van der Waals surface area (Å²) in [5, 5.41) is 3.33. The summed E-state index contributed by atoms with van der Waals surface area (Å²) in [5.41, 5.74) is 5.48. The average molecular weight is 629 g/mol. The minimum absolute atomic E-state index is 0.0706. The molecule has 0 aliphatic rings. The average Bonchev–Trinajstić information content (AvgIpc) is 3.03. The molecule has 0 rings (SSSR count). The van der Waals surface area contributed by atoms with E-state index in [1.807, 2.05) is 7.05 Å². The number of amides is 1. The maximum atomic E-state index is 11.7. The van der Waals surface area contributed by atoms with Crippen LogP contribution >= 0.6 is 0 Å². The molecule has 0 bridgehead atoms. The van der Waals surface area contributed by atoms with Crippen molar-refractivity contribution in [3.63, 3.8) is 0 Å². The summed E-state index contributed by atoms with van der Waals surface area (Å²) in [4.78, 5) is 11.7. The lowest BCUT2D eigenvalue weighted by Crippen LogP contribution is -2.35. The van der Waals surface area contributed by atoms with Gasteiger partial charge in [0.2, 0.25) is 0 Å². The van der Waals surface area contributed by atoms with Crippen LogP contribution in [0.1, 0.15) is 181 Å². The first-order chi connectivity index (χ1) is 22.2. The second-order valence-electron chi connectivity index (χ2n) is 13.0. The van der Waals surface area contributed by atoms with Gasteiger partial charge in [0.15, 0.2) is 0 Å². The molecule has 0 spiro atoms. The zero-order valence-corrected chi connectivity index (χ0v) is 30.3. The Morgan fingerprint density at radius 3 is 1.33 bits per heavy atom. The molecule has 2 unspecified atom stereocenters. The normalized spacial score (nSPS) is 13.6. The first-order valence-electron chi connectivity index (χ1n) is 19.4. The van der Waals surface area contributed by atoms with Gasteiger partial charge < -0.3 is 15.8 Å². The van der Waals surface area contributed by atoms with Crippen LogP contribution < -0.4 is 11.1 Å². The fraction of sp³-hybridized carbons (Fsp3) is 0.780. The summed E-state index contributed by atoms with van der Waals surface area (Å²) in [6, 6.07) is 0. The SMILES string of the molecule is CCCCC/C=C\C/C=C\CCCCCCCCC(CNC)C(CCCCCCCC/C=C\C/C=C\CCCCC)OC(N)=O. The van der Waals surface area contributed by atoms with Crippen LogP contribution in [-0.2, 0) is 4.74 Å². The Balaban J connectivity index is 3.98. The van der Waals surface area contributed by atoms with Crippen LogP contribution in [-0.4, -0.2) is 25.8 Å². The molecule has 0 aromatic heterocycles. The Kier molecular flexibility index (Phi) is 35.2. The summed E-state index contributed by atoms with van der Waals surface area (Å²) < 4.78 is 5.64. The predicted octanol–water partition coefficient (Wildman–Crippen LogP) is 12.7. The number of carbonyl (C=O) groups excluding carboxylic acids is 1. The molecule has 2 atom stereocenters. The number of nitrogens with two attached hydrogens (primary N) is 1. The van der Waals surface area contributed by atoms with Gasteiger partial charge in [0.1, 0.15) is 6.10 Å². The lowest BCUT2D eigenvalue weighted by molar-refractivity contribution is 0.0568. The van der Waals surface area contributed by atoms with Crippen LogP contribution in [0, 0.1) is 5.92 Å². The number of allylic oxidation sites excluding steroid dienone is 8. The highest BCUT2D eigenvalue weighted by Crippen LogP contribution is 2.22. The van der Waals surface area contributed by atoms with E-state index in [1.54, 1.807) is 0 Å². The molecular formula is C41H76N2O2. The molecule has 45 heavy (non-hydrogen) atoms. The number of primary amides is 1. The number of rotatable bonds is 34. The number of nitrogens with one attached hydrogen (secondary N) is 1. The van der Waals surface area contributed by atoms with Crippen molar-refractivity contribution >= 4 is 6.09 Å². The highest BCUT2D eigenvalue weighted by atomic mass is 16.6. The van der Waals surface area contributed by atoms with Crippen molar-refractivity contribution < 1.29 is 9.53 Å². The van der Waals surface area contributed by atoms with Crippen molar-refractivity contribution in [1.29, 1.82) is 0 Å². The van der Waals surface area contributed by atoms with Crippen molar-refractivity contribution in [3.8, 4) is 0 Å². The fourth-order valence-corrected chi connectivity index (χ4v) is 5.95. The van der Waals surface area contributed by atoms with Gasteiger partial charge in [0, 0.05) is 12.5 Å². The lowest BCUT2D eigenvalue weighted by Gasteiger charge is -2.26. The Hall–Kier alpha value is -1.81. The molecule has 4 nitrogen and oxygen atoms in total. The van der Waals surface area contributed by atoms with E-state index in [-0.39, 0.29) is 6.10 Å². The van der Waals surface area contributed by atoms with Gasteiger partial charge in [-0.05, 0) is 90.5 Å². The van der Waals surface area contributed by atoms with Crippen LogP contribution in [0.4, 0.5) is 4.79 Å². The zero-order valence-electron chi connectivity index (χ0n) is 30.3. The second-order valence-corrected chi connectivity index (χ2v) is 13.0. The number of unbranched alkanes of at least 4 members (excludes halogenated alkanes) is 18. The van der Waals surface area contributed by atoms with E-state index in [1.165, 1.54) is 135 Å². The van der Waals surface area contributed by atoms with E-state index in [0.29, 0.717) is 5.92 Å². The Labute approximate surface area is 281 Å². The predicted molar refractivity (Wildman–Crippen MR) is 200 cm³/mol. The van der Waals surface area contributed by atoms with Crippen LogP contribution in [0.15, 0.2) is 48.6 Å². The quantitative estimate of drug-likeness (QED) is 0.0550. The maximum Gasteiger partial charge on any atom is 0.404 e. The topological polar surface area (TPSA) is 64.3 Å². The Morgan fingerprint density at radius 2 is 0.933 bits per heavy atom. The summed E-state index contributed by atoms with van der Waals surface area (Å²) in [6.45, 7) is 5.39.